The summed E-state index contributed by atoms with van der Waals surface area (Å²) in [6.07, 6.45) is 1.47. The predicted octanol–water partition coefficient (Wildman–Crippen LogP) is 2.71. The summed E-state index contributed by atoms with van der Waals surface area (Å²) < 4.78 is 10.9. The molecule has 2 rings (SSSR count). The van der Waals surface area contributed by atoms with Crippen LogP contribution in [0, 0.1) is 0 Å². The lowest BCUT2D eigenvalue weighted by atomic mass is 9.91. The van der Waals surface area contributed by atoms with E-state index in [1.807, 2.05) is 13.8 Å². The van der Waals surface area contributed by atoms with Crippen LogP contribution in [0.2, 0.25) is 0 Å². The topological polar surface area (TPSA) is 78.6 Å². The number of ether oxygens (including phenoxy) is 2. The Hall–Kier alpha value is -2.30. The Balaban J connectivity index is 2.47. The molecule has 5 heteroatoms. The van der Waals surface area contributed by atoms with E-state index < -0.39 is 0 Å². The molecule has 0 amide bonds. The van der Waals surface area contributed by atoms with E-state index in [1.165, 1.54) is 6.07 Å². The molecule has 0 fully saturated rings. The quantitative estimate of drug-likeness (QED) is 0.815. The second-order valence-corrected chi connectivity index (χ2v) is 4.82. The van der Waals surface area contributed by atoms with Gasteiger partial charge in [0.05, 0.1) is 13.2 Å². The number of nitrogen functional groups attached to an aromatic ring is 1. The second kappa shape index (κ2) is 6.43. The number of carbonyl (C=O) groups excluding carboxylic acids is 2. The minimum absolute atomic E-state index is 0.00611. The number of fused-ring (bicyclic) bond motifs is 1. The fourth-order valence-corrected chi connectivity index (χ4v) is 2.07. The number of Topliss-reactive ketones (excluding diaryl/α,β-unsaturated/α-hetero) is 2. The molecule has 0 aliphatic heterocycles. The van der Waals surface area contributed by atoms with Crippen LogP contribution < -0.4 is 5.73 Å². The fraction of sp³-hybridized carbons (Fsp3) is 0.375. The van der Waals surface area contributed by atoms with Gasteiger partial charge in [0.25, 0.3) is 0 Å². The van der Waals surface area contributed by atoms with Gasteiger partial charge in [-0.1, -0.05) is 13.8 Å². The van der Waals surface area contributed by atoms with Crippen LogP contribution in [0.3, 0.4) is 0 Å². The van der Waals surface area contributed by atoms with E-state index >= 15 is 0 Å². The lowest BCUT2D eigenvalue weighted by Crippen LogP contribution is -2.25. The highest BCUT2D eigenvalue weighted by atomic mass is 16.5. The minimum atomic E-state index is -0.351. The smallest absolute Gasteiger partial charge is 0.232 e. The van der Waals surface area contributed by atoms with E-state index in [-0.39, 0.29) is 28.6 Å². The molecule has 0 bridgehead atoms. The average Bonchev–Trinajstić information content (AvgIpc) is 2.48. The minimum Gasteiger partial charge on any atom is -0.486 e. The Morgan fingerprint density at radius 1 is 0.905 bits per heavy atom. The molecular formula is C16H19NO4. The molecule has 0 atom stereocenters. The summed E-state index contributed by atoms with van der Waals surface area (Å²) in [6, 6.07) is 4.65. The maximum atomic E-state index is 12.5. The van der Waals surface area contributed by atoms with Crippen molar-refractivity contribution in [2.75, 3.05) is 18.9 Å². The molecule has 1 aromatic carbocycles. The van der Waals surface area contributed by atoms with E-state index in [1.54, 1.807) is 12.1 Å². The summed E-state index contributed by atoms with van der Waals surface area (Å²) in [5.74, 6) is -0.679. The van der Waals surface area contributed by atoms with Crippen molar-refractivity contribution in [3.63, 3.8) is 0 Å². The van der Waals surface area contributed by atoms with Crippen LogP contribution in [0.4, 0.5) is 5.69 Å². The number of rotatable bonds is 6. The van der Waals surface area contributed by atoms with Gasteiger partial charge in [0, 0.05) is 16.8 Å². The zero-order valence-electron chi connectivity index (χ0n) is 12.3. The molecular weight excluding hydrogens is 270 g/mol. The second-order valence-electron chi connectivity index (χ2n) is 4.82. The maximum absolute atomic E-state index is 12.5. The molecule has 2 N–H and O–H groups in total. The first-order valence-electron chi connectivity index (χ1n) is 7.08. The lowest BCUT2D eigenvalue weighted by molar-refractivity contribution is 0.0752. The third-order valence-corrected chi connectivity index (χ3v) is 3.05. The molecule has 0 radical (unpaired) electrons. The van der Waals surface area contributed by atoms with E-state index in [2.05, 4.69) is 0 Å². The fourth-order valence-electron chi connectivity index (χ4n) is 2.07. The molecule has 0 unspecified atom stereocenters. The van der Waals surface area contributed by atoms with Gasteiger partial charge < -0.3 is 15.2 Å². The highest BCUT2D eigenvalue weighted by Crippen LogP contribution is 2.29. The highest BCUT2D eigenvalue weighted by Gasteiger charge is 2.35. The number of benzene rings is 1. The zero-order chi connectivity index (χ0) is 15.4. The van der Waals surface area contributed by atoms with Crippen LogP contribution in [0.1, 0.15) is 47.4 Å². The van der Waals surface area contributed by atoms with Gasteiger partial charge in [0.1, 0.15) is 0 Å². The number of ketones is 2. The Morgan fingerprint density at radius 3 is 1.95 bits per heavy atom. The summed E-state index contributed by atoms with van der Waals surface area (Å²) in [4.78, 5) is 25.0. The molecule has 0 heterocycles. The number of carbonyl (C=O) groups is 2. The van der Waals surface area contributed by atoms with Crippen molar-refractivity contribution in [2.24, 2.45) is 0 Å². The van der Waals surface area contributed by atoms with Gasteiger partial charge >= 0.3 is 0 Å². The van der Waals surface area contributed by atoms with Crippen molar-refractivity contribution >= 4 is 17.3 Å². The van der Waals surface area contributed by atoms with Crippen molar-refractivity contribution in [3.8, 4) is 0 Å². The first kappa shape index (κ1) is 15.1. The Kier molecular flexibility index (Phi) is 4.62. The number of hydrogen-bond acceptors (Lipinski definition) is 5. The molecule has 0 aromatic heterocycles. The Bertz CT molecular complexity index is 604. The third-order valence-electron chi connectivity index (χ3n) is 3.05. The highest BCUT2D eigenvalue weighted by molar-refractivity contribution is 6.25. The van der Waals surface area contributed by atoms with Crippen molar-refractivity contribution in [1.29, 1.82) is 0 Å². The normalized spacial score (nSPS) is 14.2. The molecule has 1 aromatic rings. The van der Waals surface area contributed by atoms with Gasteiger partial charge in [-0.15, -0.1) is 0 Å². The Labute approximate surface area is 123 Å². The summed E-state index contributed by atoms with van der Waals surface area (Å²) in [7, 11) is 0. The van der Waals surface area contributed by atoms with Crippen LogP contribution in [0.5, 0.6) is 0 Å². The SMILES string of the molecule is CCCOC1=C(OCCC)C(=O)c2cc(N)ccc2C1=O. The van der Waals surface area contributed by atoms with Crippen molar-refractivity contribution < 1.29 is 19.1 Å². The van der Waals surface area contributed by atoms with Gasteiger partial charge in [-0.25, -0.2) is 0 Å². The van der Waals surface area contributed by atoms with E-state index in [0.717, 1.165) is 12.8 Å². The van der Waals surface area contributed by atoms with Gasteiger partial charge in [0.2, 0.25) is 23.1 Å². The van der Waals surface area contributed by atoms with Gasteiger partial charge in [-0.3, -0.25) is 9.59 Å². The Morgan fingerprint density at radius 2 is 1.43 bits per heavy atom. The largest absolute Gasteiger partial charge is 0.486 e. The summed E-state index contributed by atoms with van der Waals surface area (Å²) in [5.41, 5.74) is 6.71. The summed E-state index contributed by atoms with van der Waals surface area (Å²) in [6.45, 7) is 4.56. The van der Waals surface area contributed by atoms with Crippen molar-refractivity contribution in [1.82, 2.24) is 0 Å². The summed E-state index contributed by atoms with van der Waals surface area (Å²) >= 11 is 0. The van der Waals surface area contributed by atoms with Crippen LogP contribution in [0.15, 0.2) is 29.7 Å². The molecule has 112 valence electrons. The first-order chi connectivity index (χ1) is 10.1. The molecule has 5 nitrogen and oxygen atoms in total. The molecule has 1 aliphatic rings. The van der Waals surface area contributed by atoms with Crippen molar-refractivity contribution in [2.45, 2.75) is 26.7 Å². The first-order valence-corrected chi connectivity index (χ1v) is 7.08. The van der Waals surface area contributed by atoms with E-state index in [0.29, 0.717) is 24.5 Å². The zero-order valence-corrected chi connectivity index (χ0v) is 12.3. The molecule has 0 saturated heterocycles. The number of nitrogens with two attached hydrogens (primary N) is 1. The lowest BCUT2D eigenvalue weighted by Gasteiger charge is -2.21. The predicted molar refractivity (Wildman–Crippen MR) is 79.0 cm³/mol. The van der Waals surface area contributed by atoms with E-state index in [4.69, 9.17) is 15.2 Å². The molecule has 1 aliphatic carbocycles. The monoisotopic (exact) mass is 289 g/mol. The van der Waals surface area contributed by atoms with Crippen LogP contribution in [-0.2, 0) is 9.47 Å². The van der Waals surface area contributed by atoms with Gasteiger partial charge in [-0.05, 0) is 31.0 Å². The van der Waals surface area contributed by atoms with Crippen molar-refractivity contribution in [3.05, 3.63) is 40.8 Å². The van der Waals surface area contributed by atoms with Crippen LogP contribution >= 0.6 is 0 Å². The van der Waals surface area contributed by atoms with Crippen LogP contribution in [0.25, 0.3) is 0 Å². The average molecular weight is 289 g/mol. The standard InChI is InChI=1S/C16H19NO4/c1-3-7-20-15-13(18)11-6-5-10(17)9-12(11)14(19)16(15)21-8-4-2/h5-6,9H,3-4,7-8,17H2,1-2H3. The van der Waals surface area contributed by atoms with Gasteiger partial charge in [0.15, 0.2) is 0 Å². The number of allylic oxidation sites excluding steroid dienone is 2. The maximum Gasteiger partial charge on any atom is 0.232 e. The summed E-state index contributed by atoms with van der Waals surface area (Å²) in [5, 5.41) is 0. The van der Waals surface area contributed by atoms with Crippen LogP contribution in [-0.4, -0.2) is 24.8 Å². The molecule has 21 heavy (non-hydrogen) atoms. The third kappa shape index (κ3) is 2.91. The molecule has 0 spiro atoms. The number of hydrogen-bond donors (Lipinski definition) is 1. The number of anilines is 1. The van der Waals surface area contributed by atoms with Gasteiger partial charge in [-0.2, -0.15) is 0 Å². The van der Waals surface area contributed by atoms with E-state index in [9.17, 15) is 9.59 Å². The molecule has 0 saturated carbocycles.